The maximum absolute atomic E-state index is 6.46. The van der Waals surface area contributed by atoms with Crippen molar-refractivity contribution in [1.29, 1.82) is 0 Å². The molecule has 0 N–H and O–H groups in total. The molecule has 5 aromatic heterocycles. The fourth-order valence-corrected chi connectivity index (χ4v) is 25.5. The van der Waals surface area contributed by atoms with E-state index in [4.69, 9.17) is 4.42 Å². The van der Waals surface area contributed by atoms with Gasteiger partial charge in [-0.1, -0.05) is 429 Å². The summed E-state index contributed by atoms with van der Waals surface area (Å²) in [6.45, 7) is 28.0. The van der Waals surface area contributed by atoms with Crippen molar-refractivity contribution in [3.05, 3.63) is 422 Å². The summed E-state index contributed by atoms with van der Waals surface area (Å²) in [4.78, 5) is 0. The van der Waals surface area contributed by atoms with Gasteiger partial charge in [-0.05, 0) is 199 Å². The normalized spacial score (nSPS) is 12.3. The van der Waals surface area contributed by atoms with Gasteiger partial charge in [0.2, 0.25) is 0 Å². The van der Waals surface area contributed by atoms with Crippen LogP contribution < -0.4 is 0 Å². The number of hydrogen-bond acceptors (Lipinski definition) is 5. The van der Waals surface area contributed by atoms with E-state index in [1.807, 2.05) is 51.4 Å². The first-order valence-electron chi connectivity index (χ1n) is 45.5. The Morgan fingerprint density at radius 2 is 0.477 bits per heavy atom. The molecule has 1 aliphatic rings. The molecule has 0 bridgehead atoms. The lowest BCUT2D eigenvalue weighted by atomic mass is 9.76. The molecule has 0 saturated heterocycles. The maximum Gasteiger partial charge on any atom is 0.143 e. The highest BCUT2D eigenvalue weighted by atomic mass is 32.1. The van der Waals surface area contributed by atoms with Crippen LogP contribution in [0.25, 0.3) is 203 Å². The van der Waals surface area contributed by atoms with Crippen molar-refractivity contribution >= 4 is 148 Å². The highest BCUT2D eigenvalue weighted by Gasteiger charge is 2.33. The molecule has 0 fully saturated rings. The van der Waals surface area contributed by atoms with E-state index in [1.54, 1.807) is 0 Å². The predicted molar refractivity (Wildman–Crippen MR) is 571 cm³/mol. The summed E-state index contributed by atoms with van der Waals surface area (Å²) in [5, 5.41) is 13.2. The summed E-state index contributed by atoms with van der Waals surface area (Å²) in [6.07, 6.45) is 1.02. The second-order valence-corrected chi connectivity index (χ2v) is 43.0. The zero-order valence-corrected chi connectivity index (χ0v) is 79.0. The molecule has 5 heterocycles. The number of hydrogen-bond donors (Lipinski definition) is 0. The van der Waals surface area contributed by atoms with Crippen LogP contribution in [0, 0.1) is 0 Å². The molecule has 24 rings (SSSR count). The molecule has 0 unspecified atom stereocenters. The Morgan fingerprint density at radius 1 is 0.192 bits per heavy atom. The number of para-hydroxylation sites is 2. The standard InChI is InChI=1S/C35H28S.C34H26OS.2C28H24S/c1-35(2,3)34-27(25-15-8-12-23-21-22-11-4-5-13-24(22)32(23)25)17-9-18-28(34)26-16-10-20-31-33(26)29-14-6-7-19-30(29)36-31;1-34(2,3)31-23(26-16-9-15-25-21-11-4-6-19-29(21)35-32(25)26)13-8-14-24(31)28-18-10-17-27-22-12-5-7-20-30(22)36-33(27)28;1-28(2,3)27-20(19-11-5-4-6-12-19)14-9-16-22(27)21-15-10-18-25-26(21)23-13-7-8-17-24(23)29-25;1-28(2,3)26-20(19-11-5-4-6-12-19)14-9-15-22(26)24-17-10-16-23-21-13-7-8-18-25(21)29-27(23)24/h4-20H,21H2,1-3H3;4-20H,1-3H3;2*4-18H,1-3H3. The van der Waals surface area contributed by atoms with E-state index in [1.165, 1.54) is 214 Å². The zero-order chi connectivity index (χ0) is 88.9. The van der Waals surface area contributed by atoms with Gasteiger partial charge in [0.1, 0.15) is 11.2 Å². The van der Waals surface area contributed by atoms with Crippen molar-refractivity contribution in [2.45, 2.75) is 111 Å². The van der Waals surface area contributed by atoms with Gasteiger partial charge in [0.15, 0.2) is 0 Å². The lowest BCUT2D eigenvalue weighted by molar-refractivity contribution is 0.593. The summed E-state index contributed by atoms with van der Waals surface area (Å²) in [7, 11) is 0. The van der Waals surface area contributed by atoms with Gasteiger partial charge in [0.25, 0.3) is 0 Å². The smallest absolute Gasteiger partial charge is 0.143 e. The lowest BCUT2D eigenvalue weighted by Gasteiger charge is -2.28. The van der Waals surface area contributed by atoms with Gasteiger partial charge in [-0.3, -0.25) is 0 Å². The Bertz CT molecular complexity index is 8150. The molecule has 18 aromatic carbocycles. The minimum Gasteiger partial charge on any atom is -0.455 e. The third-order valence-corrected chi connectivity index (χ3v) is 30.7. The van der Waals surface area contributed by atoms with Crippen molar-refractivity contribution in [3.8, 4) is 100 Å². The van der Waals surface area contributed by atoms with E-state index in [0.29, 0.717) is 0 Å². The molecule has 1 nitrogen and oxygen atoms in total. The molecular formula is C125H102OS4. The van der Waals surface area contributed by atoms with E-state index in [9.17, 15) is 0 Å². The van der Waals surface area contributed by atoms with Gasteiger partial charge in [-0.25, -0.2) is 0 Å². The first-order chi connectivity index (χ1) is 63.1. The highest BCUT2D eigenvalue weighted by molar-refractivity contribution is 7.27. The first-order valence-corrected chi connectivity index (χ1v) is 48.7. The molecular weight excluding hydrogens is 1650 g/mol. The second-order valence-electron chi connectivity index (χ2n) is 38.7. The first kappa shape index (κ1) is 83.5. The summed E-state index contributed by atoms with van der Waals surface area (Å²) < 4.78 is 17.3. The number of benzene rings is 18. The number of fused-ring (bicyclic) bond motifs is 18. The second kappa shape index (κ2) is 33.6. The maximum atomic E-state index is 6.46. The molecule has 130 heavy (non-hydrogen) atoms. The molecule has 1 aliphatic carbocycles. The zero-order valence-electron chi connectivity index (χ0n) is 75.7. The van der Waals surface area contributed by atoms with Crippen molar-refractivity contribution in [3.63, 3.8) is 0 Å². The minimum atomic E-state index is -0.0705. The Balaban J connectivity index is 0.000000105. The molecule has 0 atom stereocenters. The Morgan fingerprint density at radius 3 is 0.946 bits per heavy atom. The van der Waals surface area contributed by atoms with Gasteiger partial charge in [-0.15, -0.1) is 45.3 Å². The van der Waals surface area contributed by atoms with Crippen LogP contribution in [0.1, 0.15) is 116 Å². The summed E-state index contributed by atoms with van der Waals surface area (Å²) in [5.41, 5.74) is 34.1. The fourth-order valence-electron chi connectivity index (χ4n) is 20.8. The number of furan rings is 1. The van der Waals surface area contributed by atoms with E-state index >= 15 is 0 Å². The van der Waals surface area contributed by atoms with Crippen LogP contribution in [0.4, 0.5) is 0 Å². The van der Waals surface area contributed by atoms with Crippen molar-refractivity contribution in [1.82, 2.24) is 0 Å². The molecule has 632 valence electrons. The van der Waals surface area contributed by atoms with Crippen molar-refractivity contribution in [2.75, 3.05) is 0 Å². The number of thiophene rings is 4. The van der Waals surface area contributed by atoms with Crippen LogP contribution in [0.3, 0.4) is 0 Å². The largest absolute Gasteiger partial charge is 0.455 e. The van der Waals surface area contributed by atoms with Crippen LogP contribution in [0.5, 0.6) is 0 Å². The van der Waals surface area contributed by atoms with Gasteiger partial charge in [0.05, 0.1) is 0 Å². The van der Waals surface area contributed by atoms with Gasteiger partial charge < -0.3 is 4.42 Å². The molecule has 5 heteroatoms. The quantitative estimate of drug-likeness (QED) is 0.148. The average molecular weight is 1750 g/mol. The van der Waals surface area contributed by atoms with Crippen LogP contribution in [0.2, 0.25) is 0 Å². The monoisotopic (exact) mass is 1750 g/mol. The summed E-state index contributed by atoms with van der Waals surface area (Å²) in [5.74, 6) is 0. The van der Waals surface area contributed by atoms with Gasteiger partial charge >= 0.3 is 0 Å². The van der Waals surface area contributed by atoms with Crippen LogP contribution >= 0.6 is 45.3 Å². The van der Waals surface area contributed by atoms with Crippen molar-refractivity contribution < 1.29 is 4.42 Å². The Labute approximate surface area is 779 Å². The average Bonchev–Trinajstić information content (AvgIpc) is 1.53. The molecule has 23 aromatic rings. The highest BCUT2D eigenvalue weighted by Crippen LogP contribution is 2.54. The molecule has 0 amide bonds. The topological polar surface area (TPSA) is 13.1 Å². The molecule has 0 spiro atoms. The van der Waals surface area contributed by atoms with Crippen molar-refractivity contribution in [2.24, 2.45) is 0 Å². The van der Waals surface area contributed by atoms with E-state index in [2.05, 4.69) is 465 Å². The van der Waals surface area contributed by atoms with Crippen LogP contribution in [-0.2, 0) is 28.1 Å². The van der Waals surface area contributed by atoms with Gasteiger partial charge in [0, 0.05) is 97.0 Å². The van der Waals surface area contributed by atoms with E-state index < -0.39 is 0 Å². The lowest BCUT2D eigenvalue weighted by Crippen LogP contribution is -2.15. The third-order valence-electron chi connectivity index (χ3n) is 26.0. The molecule has 0 radical (unpaired) electrons. The molecule has 0 saturated carbocycles. The summed E-state index contributed by atoms with van der Waals surface area (Å²) in [6, 6.07) is 142. The Kier molecular flexibility index (Phi) is 21.6. The van der Waals surface area contributed by atoms with E-state index in [-0.39, 0.29) is 21.7 Å². The minimum absolute atomic E-state index is 0.0236. The third kappa shape index (κ3) is 15.1. The number of rotatable bonds is 8. The predicted octanol–water partition coefficient (Wildman–Crippen LogP) is 38.2. The SMILES string of the molecule is CC(C)(C)c1c(-c2cccc3c2-c2ccccc2C3)cccc1-c1cccc2sc3ccccc3c12.CC(C)(C)c1c(-c2cccc3c2oc2ccccc23)cccc1-c1cccc2c1sc1ccccc12.CC(C)(C)c1c(-c2ccccc2)cccc1-c1cccc2c1sc1ccccc12.CC(C)(C)c1c(-c2ccccc2)cccc1-c1cccc2sc3ccccc3c12. The molecule has 0 aliphatic heterocycles. The van der Waals surface area contributed by atoms with Crippen LogP contribution in [-0.4, -0.2) is 0 Å². The Hall–Kier alpha value is -13.4. The van der Waals surface area contributed by atoms with E-state index in [0.717, 1.165) is 28.5 Å². The summed E-state index contributed by atoms with van der Waals surface area (Å²) >= 11 is 7.57. The fraction of sp³-hybridized carbons (Fsp3) is 0.136. The van der Waals surface area contributed by atoms with Crippen LogP contribution in [0.15, 0.2) is 393 Å². The van der Waals surface area contributed by atoms with Gasteiger partial charge in [-0.2, -0.15) is 0 Å².